The first kappa shape index (κ1) is 18.5. The molecule has 0 bridgehead atoms. The zero-order valence-corrected chi connectivity index (χ0v) is 17.0. The summed E-state index contributed by atoms with van der Waals surface area (Å²) in [5, 5.41) is 1.78. The molecule has 0 spiro atoms. The summed E-state index contributed by atoms with van der Waals surface area (Å²) < 4.78 is 2.47. The van der Waals surface area contributed by atoms with Crippen LogP contribution >= 0.6 is 23.5 Å². The Kier molecular flexibility index (Phi) is 5.81. The molecule has 0 saturated carbocycles. The largest absolute Gasteiger partial charge is 0.353 e. The molecule has 2 heterocycles. The molecule has 0 amide bonds. The van der Waals surface area contributed by atoms with Crippen molar-refractivity contribution in [3.8, 4) is 11.4 Å². The molecule has 1 aliphatic rings. The Morgan fingerprint density at radius 1 is 0.963 bits per heavy atom. The number of anilines is 1. The summed E-state index contributed by atoms with van der Waals surface area (Å²) in [6.45, 7) is 6.26. The van der Waals surface area contributed by atoms with Gasteiger partial charge in [-0.25, -0.2) is 14.3 Å². The zero-order chi connectivity index (χ0) is 18.6. The molecule has 0 unspecified atom stereocenters. The summed E-state index contributed by atoms with van der Waals surface area (Å²) in [5.74, 6) is 2.89. The van der Waals surface area contributed by atoms with Gasteiger partial charge in [-0.1, -0.05) is 54.7 Å². The van der Waals surface area contributed by atoms with Crippen LogP contribution in [0.15, 0.2) is 48.5 Å². The summed E-state index contributed by atoms with van der Waals surface area (Å²) in [7, 11) is 0. The highest BCUT2D eigenvalue weighted by atomic mass is 35.5. The first-order chi connectivity index (χ1) is 13.3. The van der Waals surface area contributed by atoms with Gasteiger partial charge in [0.25, 0.3) is 0 Å². The van der Waals surface area contributed by atoms with Crippen molar-refractivity contribution in [2.24, 2.45) is 0 Å². The Labute approximate surface area is 169 Å². The first-order valence-electron chi connectivity index (χ1n) is 9.40. The van der Waals surface area contributed by atoms with Gasteiger partial charge in [-0.3, -0.25) is 0 Å². The third-order valence-corrected chi connectivity index (χ3v) is 6.36. The van der Waals surface area contributed by atoms with Gasteiger partial charge in [-0.05, 0) is 30.7 Å². The van der Waals surface area contributed by atoms with Crippen LogP contribution in [0.4, 0.5) is 5.82 Å². The minimum Gasteiger partial charge on any atom is -0.353 e. The lowest BCUT2D eigenvalue weighted by atomic mass is 10.1. The number of nitrogens with zero attached hydrogens (tertiary/aromatic N) is 4. The summed E-state index contributed by atoms with van der Waals surface area (Å²) >= 11 is 8.37. The van der Waals surface area contributed by atoms with E-state index in [0.717, 1.165) is 48.5 Å². The smallest absolute Gasteiger partial charge is 0.163 e. The molecule has 3 aromatic rings. The molecule has 27 heavy (non-hydrogen) atoms. The highest BCUT2D eigenvalue weighted by molar-refractivity contribution is 7.97. The molecule has 0 atom stereocenters. The van der Waals surface area contributed by atoms with Crippen molar-refractivity contribution >= 4 is 40.3 Å². The summed E-state index contributed by atoms with van der Waals surface area (Å²) in [6, 6.07) is 16.0. The molecule has 4 rings (SSSR count). The lowest BCUT2D eigenvalue weighted by molar-refractivity contribution is 0.428. The summed E-state index contributed by atoms with van der Waals surface area (Å²) in [6.07, 6.45) is 1.21. The molecule has 140 valence electrons. The van der Waals surface area contributed by atoms with Crippen molar-refractivity contribution in [2.75, 3.05) is 36.8 Å². The van der Waals surface area contributed by atoms with E-state index < -0.39 is 0 Å². The van der Waals surface area contributed by atoms with E-state index in [-0.39, 0.29) is 0 Å². The average molecular weight is 399 g/mol. The van der Waals surface area contributed by atoms with Crippen molar-refractivity contribution in [1.82, 2.24) is 14.3 Å². The van der Waals surface area contributed by atoms with Gasteiger partial charge < -0.3 is 4.90 Å². The minimum absolute atomic E-state index is 0.680. The fraction of sp³-hybridized carbons (Fsp3) is 0.333. The van der Waals surface area contributed by atoms with Gasteiger partial charge in [-0.15, -0.1) is 0 Å². The number of halogens is 1. The molecule has 0 aliphatic carbocycles. The maximum atomic E-state index is 6.41. The van der Waals surface area contributed by atoms with Crippen LogP contribution in [0, 0.1) is 0 Å². The topological polar surface area (TPSA) is 32.3 Å². The third kappa shape index (κ3) is 4.05. The van der Waals surface area contributed by atoms with Gasteiger partial charge in [0.1, 0.15) is 5.82 Å². The zero-order valence-electron chi connectivity index (χ0n) is 15.4. The van der Waals surface area contributed by atoms with E-state index in [1.54, 1.807) is 0 Å². The van der Waals surface area contributed by atoms with E-state index in [4.69, 9.17) is 21.6 Å². The lowest BCUT2D eigenvalue weighted by Crippen LogP contribution is -2.44. The first-order valence-corrected chi connectivity index (χ1v) is 10.7. The Bertz CT molecular complexity index is 925. The monoisotopic (exact) mass is 398 g/mol. The Morgan fingerprint density at radius 3 is 2.48 bits per heavy atom. The van der Waals surface area contributed by atoms with Crippen molar-refractivity contribution < 1.29 is 0 Å². The quantitative estimate of drug-likeness (QED) is 0.556. The summed E-state index contributed by atoms with van der Waals surface area (Å²) in [5.41, 5.74) is 1.84. The van der Waals surface area contributed by atoms with E-state index in [9.17, 15) is 0 Å². The number of para-hydroxylation sites is 1. The normalized spacial score (nSPS) is 15.4. The van der Waals surface area contributed by atoms with Crippen LogP contribution in [0.2, 0.25) is 5.02 Å². The number of fused-ring (bicyclic) bond motifs is 1. The van der Waals surface area contributed by atoms with Crippen LogP contribution in [0.25, 0.3) is 22.3 Å². The Hall–Kier alpha value is -1.82. The van der Waals surface area contributed by atoms with E-state index in [0.29, 0.717) is 10.8 Å². The lowest BCUT2D eigenvalue weighted by Gasteiger charge is -2.35. The van der Waals surface area contributed by atoms with Crippen molar-refractivity contribution in [2.45, 2.75) is 13.3 Å². The number of benzene rings is 2. The maximum Gasteiger partial charge on any atom is 0.163 e. The molecule has 4 nitrogen and oxygen atoms in total. The number of aromatic nitrogens is 2. The van der Waals surface area contributed by atoms with Crippen molar-refractivity contribution in [3.05, 3.63) is 53.6 Å². The van der Waals surface area contributed by atoms with Crippen LogP contribution in [-0.2, 0) is 0 Å². The van der Waals surface area contributed by atoms with E-state index in [1.165, 1.54) is 12.2 Å². The van der Waals surface area contributed by atoms with E-state index >= 15 is 0 Å². The van der Waals surface area contributed by atoms with Gasteiger partial charge in [0.05, 0.1) is 10.5 Å². The number of piperazine rings is 1. The third-order valence-electron chi connectivity index (χ3n) is 4.71. The second kappa shape index (κ2) is 8.46. The molecular weight excluding hydrogens is 376 g/mol. The number of hydrogen-bond donors (Lipinski definition) is 0. The fourth-order valence-corrected chi connectivity index (χ4v) is 4.40. The molecule has 0 radical (unpaired) electrons. The summed E-state index contributed by atoms with van der Waals surface area (Å²) in [4.78, 5) is 12.1. The van der Waals surface area contributed by atoms with Gasteiger partial charge in [0.15, 0.2) is 5.82 Å². The van der Waals surface area contributed by atoms with Gasteiger partial charge in [-0.2, -0.15) is 0 Å². The molecule has 2 aromatic carbocycles. The SMILES string of the molecule is CCCSN1CCN(c2nc(-c3ccccc3Cl)nc3ccccc23)CC1. The molecule has 1 fully saturated rings. The van der Waals surface area contributed by atoms with Gasteiger partial charge in [0, 0.05) is 42.9 Å². The van der Waals surface area contributed by atoms with Gasteiger partial charge >= 0.3 is 0 Å². The predicted octanol–water partition coefficient (Wildman–Crippen LogP) is 5.13. The highest BCUT2D eigenvalue weighted by Crippen LogP contribution is 2.31. The van der Waals surface area contributed by atoms with Crippen LogP contribution in [0.3, 0.4) is 0 Å². The fourth-order valence-electron chi connectivity index (χ4n) is 3.31. The predicted molar refractivity (Wildman–Crippen MR) is 117 cm³/mol. The van der Waals surface area contributed by atoms with Crippen LogP contribution in [0.5, 0.6) is 0 Å². The van der Waals surface area contributed by atoms with Crippen LogP contribution in [0.1, 0.15) is 13.3 Å². The van der Waals surface area contributed by atoms with Crippen molar-refractivity contribution in [3.63, 3.8) is 0 Å². The second-order valence-electron chi connectivity index (χ2n) is 6.62. The van der Waals surface area contributed by atoms with Crippen molar-refractivity contribution in [1.29, 1.82) is 0 Å². The van der Waals surface area contributed by atoms with Crippen LogP contribution in [-0.4, -0.2) is 46.2 Å². The standard InChI is InChI=1S/C21H23ClN4S/c1-2-15-27-26-13-11-25(12-14-26)21-17-8-4-6-10-19(17)23-20(24-21)16-7-3-5-9-18(16)22/h3-10H,2,11-15H2,1H3. The molecular formula is C21H23ClN4S. The van der Waals surface area contributed by atoms with E-state index in [2.05, 4.69) is 28.3 Å². The molecule has 1 aromatic heterocycles. The number of rotatable bonds is 5. The van der Waals surface area contributed by atoms with Gasteiger partial charge in [0.2, 0.25) is 0 Å². The van der Waals surface area contributed by atoms with E-state index in [1.807, 2.05) is 48.3 Å². The second-order valence-corrected chi connectivity index (χ2v) is 8.21. The molecule has 1 aliphatic heterocycles. The Balaban J connectivity index is 1.69. The molecule has 6 heteroatoms. The maximum absolute atomic E-state index is 6.41. The molecule has 0 N–H and O–H groups in total. The minimum atomic E-state index is 0.680. The highest BCUT2D eigenvalue weighted by Gasteiger charge is 2.21. The Morgan fingerprint density at radius 2 is 1.70 bits per heavy atom. The average Bonchev–Trinajstić information content (AvgIpc) is 2.72. The number of hydrogen-bond acceptors (Lipinski definition) is 5. The molecule has 1 saturated heterocycles. The van der Waals surface area contributed by atoms with Crippen LogP contribution < -0.4 is 4.90 Å².